The summed E-state index contributed by atoms with van der Waals surface area (Å²) in [5, 5.41) is 9.52. The van der Waals surface area contributed by atoms with E-state index in [4.69, 9.17) is 0 Å². The molecule has 90 valence electrons. The number of ketones is 1. The van der Waals surface area contributed by atoms with E-state index in [2.05, 4.69) is 0 Å². The second kappa shape index (κ2) is 5.27. The summed E-state index contributed by atoms with van der Waals surface area (Å²) in [6, 6.07) is 12.0. The van der Waals surface area contributed by atoms with E-state index in [1.54, 1.807) is 24.3 Å². The molecule has 0 fully saturated rings. The van der Waals surface area contributed by atoms with Crippen LogP contribution in [0.4, 0.5) is 4.39 Å². The molecule has 0 bridgehead atoms. The Bertz CT molecular complexity index is 586. The second-order valence-corrected chi connectivity index (χ2v) is 3.76. The molecule has 2 rings (SSSR count). The van der Waals surface area contributed by atoms with Gasteiger partial charge in [-0.3, -0.25) is 4.79 Å². The number of hydrogen-bond acceptors (Lipinski definition) is 2. The van der Waals surface area contributed by atoms with Gasteiger partial charge in [0.05, 0.1) is 0 Å². The van der Waals surface area contributed by atoms with Gasteiger partial charge in [0, 0.05) is 11.1 Å². The maximum Gasteiger partial charge on any atom is 0.185 e. The van der Waals surface area contributed by atoms with E-state index >= 15 is 0 Å². The molecule has 0 spiro atoms. The number of benzene rings is 2. The average Bonchev–Trinajstić information content (AvgIpc) is 2.38. The van der Waals surface area contributed by atoms with Crippen LogP contribution in [0.3, 0.4) is 0 Å². The number of carbonyl (C=O) groups excluding carboxylic acids is 1. The molecule has 1 N–H and O–H groups in total. The van der Waals surface area contributed by atoms with Crippen molar-refractivity contribution in [3.8, 4) is 5.75 Å². The van der Waals surface area contributed by atoms with Crippen LogP contribution in [0.25, 0.3) is 6.08 Å². The van der Waals surface area contributed by atoms with Crippen LogP contribution in [-0.2, 0) is 0 Å². The van der Waals surface area contributed by atoms with Crippen LogP contribution < -0.4 is 0 Å². The number of allylic oxidation sites excluding steroid dienone is 1. The van der Waals surface area contributed by atoms with Crippen molar-refractivity contribution in [2.24, 2.45) is 0 Å². The molecule has 0 atom stereocenters. The van der Waals surface area contributed by atoms with E-state index in [-0.39, 0.29) is 17.3 Å². The van der Waals surface area contributed by atoms with Crippen LogP contribution in [0.1, 0.15) is 15.9 Å². The van der Waals surface area contributed by atoms with Gasteiger partial charge in [-0.25, -0.2) is 4.39 Å². The maximum absolute atomic E-state index is 12.7. The van der Waals surface area contributed by atoms with Crippen LogP contribution in [-0.4, -0.2) is 10.9 Å². The third kappa shape index (κ3) is 2.83. The Hall–Kier alpha value is -2.42. The van der Waals surface area contributed by atoms with Crippen LogP contribution in [0.15, 0.2) is 54.6 Å². The summed E-state index contributed by atoms with van der Waals surface area (Å²) < 4.78 is 12.7. The normalized spacial score (nSPS) is 10.7. The van der Waals surface area contributed by atoms with Gasteiger partial charge in [0.15, 0.2) is 5.78 Å². The Morgan fingerprint density at radius 1 is 1.06 bits per heavy atom. The Balaban J connectivity index is 2.17. The average molecular weight is 242 g/mol. The standard InChI is InChI=1S/C15H11FO2/c16-13-8-5-12(6-9-13)15(18)10-7-11-3-1-2-4-14(11)17/h1-10,17H/b10-7-. The van der Waals surface area contributed by atoms with E-state index in [1.807, 2.05) is 0 Å². The molecule has 18 heavy (non-hydrogen) atoms. The van der Waals surface area contributed by atoms with Crippen molar-refractivity contribution in [1.82, 2.24) is 0 Å². The first-order valence-electron chi connectivity index (χ1n) is 5.43. The number of phenols is 1. The monoisotopic (exact) mass is 242 g/mol. The predicted molar refractivity (Wildman–Crippen MR) is 67.9 cm³/mol. The lowest BCUT2D eigenvalue weighted by molar-refractivity contribution is 0.104. The summed E-state index contributed by atoms with van der Waals surface area (Å²) in [5.74, 6) is -0.504. The number of hydrogen-bond donors (Lipinski definition) is 1. The zero-order valence-electron chi connectivity index (χ0n) is 9.51. The molecule has 0 aliphatic heterocycles. The van der Waals surface area contributed by atoms with Crippen molar-refractivity contribution in [1.29, 1.82) is 0 Å². The molecule has 0 saturated heterocycles. The third-order valence-corrected chi connectivity index (χ3v) is 2.48. The number of phenolic OH excluding ortho intramolecular Hbond substituents is 1. The quantitative estimate of drug-likeness (QED) is 0.661. The van der Waals surface area contributed by atoms with Gasteiger partial charge >= 0.3 is 0 Å². The molecule has 0 aliphatic carbocycles. The SMILES string of the molecule is O=C(/C=C\c1ccccc1O)c1ccc(F)cc1. The van der Waals surface area contributed by atoms with Gasteiger partial charge in [-0.05, 0) is 42.5 Å². The van der Waals surface area contributed by atoms with Crippen molar-refractivity contribution in [2.45, 2.75) is 0 Å². The summed E-state index contributed by atoms with van der Waals surface area (Å²) in [7, 11) is 0. The molecule has 0 amide bonds. The maximum atomic E-state index is 12.7. The minimum absolute atomic E-state index is 0.112. The van der Waals surface area contributed by atoms with E-state index < -0.39 is 0 Å². The molecule has 0 saturated carbocycles. The summed E-state index contributed by atoms with van der Waals surface area (Å²) in [4.78, 5) is 11.7. The third-order valence-electron chi connectivity index (χ3n) is 2.48. The molecule has 0 heterocycles. The van der Waals surface area contributed by atoms with Gasteiger partial charge in [0.2, 0.25) is 0 Å². The van der Waals surface area contributed by atoms with Crippen LogP contribution >= 0.6 is 0 Å². The number of halogens is 1. The number of carbonyl (C=O) groups is 1. The number of rotatable bonds is 3. The van der Waals surface area contributed by atoms with Crippen molar-refractivity contribution >= 4 is 11.9 Å². The fourth-order valence-corrected chi connectivity index (χ4v) is 1.50. The zero-order valence-corrected chi connectivity index (χ0v) is 9.51. The first kappa shape index (κ1) is 12.0. The van der Waals surface area contributed by atoms with Gasteiger partial charge in [-0.15, -0.1) is 0 Å². The molecule has 2 nitrogen and oxygen atoms in total. The highest BCUT2D eigenvalue weighted by molar-refractivity contribution is 6.06. The Labute approximate surface area is 104 Å². The molecule has 0 aliphatic rings. The lowest BCUT2D eigenvalue weighted by Gasteiger charge is -1.98. The number of para-hydroxylation sites is 1. The molecule has 0 unspecified atom stereocenters. The Morgan fingerprint density at radius 2 is 1.72 bits per heavy atom. The Kier molecular flexibility index (Phi) is 3.53. The highest BCUT2D eigenvalue weighted by Crippen LogP contribution is 2.17. The van der Waals surface area contributed by atoms with Crippen molar-refractivity contribution in [3.05, 3.63) is 71.6 Å². The molecular formula is C15H11FO2. The smallest absolute Gasteiger partial charge is 0.185 e. The van der Waals surface area contributed by atoms with Crippen molar-refractivity contribution < 1.29 is 14.3 Å². The van der Waals surface area contributed by atoms with E-state index in [0.29, 0.717) is 11.1 Å². The lowest BCUT2D eigenvalue weighted by Crippen LogP contribution is -1.93. The largest absolute Gasteiger partial charge is 0.507 e. The lowest BCUT2D eigenvalue weighted by atomic mass is 10.1. The molecular weight excluding hydrogens is 231 g/mol. The molecule has 2 aromatic carbocycles. The van der Waals surface area contributed by atoms with Crippen LogP contribution in [0, 0.1) is 5.82 Å². The van der Waals surface area contributed by atoms with E-state index in [1.165, 1.54) is 36.4 Å². The minimum atomic E-state index is -0.378. The van der Waals surface area contributed by atoms with Gasteiger partial charge in [-0.2, -0.15) is 0 Å². The summed E-state index contributed by atoms with van der Waals surface area (Å²) in [5.41, 5.74) is 0.969. The summed E-state index contributed by atoms with van der Waals surface area (Å²) in [6.45, 7) is 0. The Morgan fingerprint density at radius 3 is 2.39 bits per heavy atom. The molecule has 0 radical (unpaired) electrons. The summed E-state index contributed by atoms with van der Waals surface area (Å²) >= 11 is 0. The fourth-order valence-electron chi connectivity index (χ4n) is 1.50. The van der Waals surface area contributed by atoms with Gasteiger partial charge in [0.1, 0.15) is 11.6 Å². The van der Waals surface area contributed by atoms with E-state index in [9.17, 15) is 14.3 Å². The molecule has 0 aromatic heterocycles. The second-order valence-electron chi connectivity index (χ2n) is 3.76. The fraction of sp³-hybridized carbons (Fsp3) is 0. The highest BCUT2D eigenvalue weighted by atomic mass is 19.1. The topological polar surface area (TPSA) is 37.3 Å². The van der Waals surface area contributed by atoms with Gasteiger partial charge in [-0.1, -0.05) is 18.2 Å². The van der Waals surface area contributed by atoms with Gasteiger partial charge in [0.25, 0.3) is 0 Å². The molecule has 3 heteroatoms. The summed E-state index contributed by atoms with van der Waals surface area (Å²) in [6.07, 6.45) is 2.88. The van der Waals surface area contributed by atoms with Crippen LogP contribution in [0.5, 0.6) is 5.75 Å². The van der Waals surface area contributed by atoms with Gasteiger partial charge < -0.3 is 5.11 Å². The first-order chi connectivity index (χ1) is 8.66. The number of aromatic hydroxyl groups is 1. The van der Waals surface area contributed by atoms with Crippen molar-refractivity contribution in [2.75, 3.05) is 0 Å². The zero-order chi connectivity index (χ0) is 13.0. The van der Waals surface area contributed by atoms with E-state index in [0.717, 1.165) is 0 Å². The minimum Gasteiger partial charge on any atom is -0.507 e. The van der Waals surface area contributed by atoms with Crippen LogP contribution in [0.2, 0.25) is 0 Å². The highest BCUT2D eigenvalue weighted by Gasteiger charge is 2.02. The molecule has 2 aromatic rings. The van der Waals surface area contributed by atoms with Crippen molar-refractivity contribution in [3.63, 3.8) is 0 Å². The first-order valence-corrected chi connectivity index (χ1v) is 5.43. The predicted octanol–water partition coefficient (Wildman–Crippen LogP) is 3.43.